The van der Waals surface area contributed by atoms with Crippen molar-refractivity contribution in [3.05, 3.63) is 29.6 Å². The predicted molar refractivity (Wildman–Crippen MR) is 47.4 cm³/mol. The SMILES string of the molecule is COc1ccc(C(Cl)Cl)cc1F. The van der Waals surface area contributed by atoms with Crippen molar-refractivity contribution in [2.45, 2.75) is 4.84 Å². The molecule has 0 spiro atoms. The molecule has 0 aliphatic rings. The molecule has 12 heavy (non-hydrogen) atoms. The van der Waals surface area contributed by atoms with Crippen molar-refractivity contribution in [1.82, 2.24) is 0 Å². The molecule has 0 heterocycles. The second-order valence-electron chi connectivity index (χ2n) is 2.19. The lowest BCUT2D eigenvalue weighted by Gasteiger charge is -2.04. The van der Waals surface area contributed by atoms with E-state index in [1.807, 2.05) is 0 Å². The van der Waals surface area contributed by atoms with Crippen molar-refractivity contribution in [2.24, 2.45) is 0 Å². The summed E-state index contributed by atoms with van der Waals surface area (Å²) in [7, 11) is 1.40. The first-order valence-electron chi connectivity index (χ1n) is 3.26. The zero-order chi connectivity index (χ0) is 9.14. The highest BCUT2D eigenvalue weighted by atomic mass is 35.5. The molecule has 0 atom stereocenters. The molecule has 1 rings (SSSR count). The molecule has 0 amide bonds. The van der Waals surface area contributed by atoms with E-state index in [2.05, 4.69) is 0 Å². The van der Waals surface area contributed by atoms with E-state index >= 15 is 0 Å². The van der Waals surface area contributed by atoms with E-state index in [9.17, 15) is 4.39 Å². The number of alkyl halides is 2. The Bertz CT molecular complexity index is 276. The third-order valence-electron chi connectivity index (χ3n) is 1.43. The maximum Gasteiger partial charge on any atom is 0.165 e. The lowest BCUT2D eigenvalue weighted by Crippen LogP contribution is -1.90. The van der Waals surface area contributed by atoms with Crippen LogP contribution in [0.1, 0.15) is 10.4 Å². The van der Waals surface area contributed by atoms with Crippen molar-refractivity contribution in [2.75, 3.05) is 7.11 Å². The molecule has 1 aromatic rings. The van der Waals surface area contributed by atoms with E-state index in [4.69, 9.17) is 27.9 Å². The monoisotopic (exact) mass is 208 g/mol. The summed E-state index contributed by atoms with van der Waals surface area (Å²) in [6.45, 7) is 0. The second kappa shape index (κ2) is 3.97. The fraction of sp³-hybridized carbons (Fsp3) is 0.250. The van der Waals surface area contributed by atoms with E-state index in [0.717, 1.165) is 0 Å². The van der Waals surface area contributed by atoms with Crippen molar-refractivity contribution < 1.29 is 9.13 Å². The summed E-state index contributed by atoms with van der Waals surface area (Å²) in [6.07, 6.45) is 0. The molecule has 1 nitrogen and oxygen atoms in total. The predicted octanol–water partition coefficient (Wildman–Crippen LogP) is 3.31. The number of hydrogen-bond acceptors (Lipinski definition) is 1. The fourth-order valence-electron chi connectivity index (χ4n) is 0.818. The molecule has 0 aliphatic heterocycles. The summed E-state index contributed by atoms with van der Waals surface area (Å²) in [5.74, 6) is -0.269. The van der Waals surface area contributed by atoms with Crippen molar-refractivity contribution in [3.63, 3.8) is 0 Å². The van der Waals surface area contributed by atoms with Gasteiger partial charge in [-0.1, -0.05) is 6.07 Å². The van der Waals surface area contributed by atoms with Crippen LogP contribution in [0.3, 0.4) is 0 Å². The van der Waals surface area contributed by atoms with Gasteiger partial charge in [-0.2, -0.15) is 0 Å². The van der Waals surface area contributed by atoms with Gasteiger partial charge in [0.25, 0.3) is 0 Å². The zero-order valence-corrected chi connectivity index (χ0v) is 7.86. The average Bonchev–Trinajstić information content (AvgIpc) is 2.04. The van der Waals surface area contributed by atoms with Crippen LogP contribution in [-0.4, -0.2) is 7.11 Å². The smallest absolute Gasteiger partial charge is 0.165 e. The minimum Gasteiger partial charge on any atom is -0.494 e. The molecule has 0 bridgehead atoms. The molecule has 0 saturated carbocycles. The average molecular weight is 209 g/mol. The summed E-state index contributed by atoms with van der Waals surface area (Å²) in [6, 6.07) is 4.36. The van der Waals surface area contributed by atoms with Crippen molar-refractivity contribution >= 4 is 23.2 Å². The summed E-state index contributed by atoms with van der Waals surface area (Å²) in [5, 5.41) is 0. The Kier molecular flexibility index (Phi) is 3.18. The van der Waals surface area contributed by atoms with Crippen LogP contribution in [0, 0.1) is 5.82 Å². The maximum absolute atomic E-state index is 13.0. The highest BCUT2D eigenvalue weighted by Gasteiger charge is 2.07. The van der Waals surface area contributed by atoms with Crippen molar-refractivity contribution in [3.8, 4) is 5.75 Å². The van der Waals surface area contributed by atoms with Gasteiger partial charge < -0.3 is 4.74 Å². The summed E-state index contributed by atoms with van der Waals surface area (Å²) in [5.41, 5.74) is 0.525. The van der Waals surface area contributed by atoms with Gasteiger partial charge in [-0.05, 0) is 17.7 Å². The Balaban J connectivity index is 3.02. The zero-order valence-electron chi connectivity index (χ0n) is 6.35. The van der Waals surface area contributed by atoms with Gasteiger partial charge in [0.1, 0.15) is 4.84 Å². The third-order valence-corrected chi connectivity index (χ3v) is 1.93. The van der Waals surface area contributed by atoms with Crippen molar-refractivity contribution in [1.29, 1.82) is 0 Å². The Labute approximate surface area is 80.0 Å². The molecular formula is C8H7Cl2FO. The van der Waals surface area contributed by atoms with Crippen LogP contribution in [0.4, 0.5) is 4.39 Å². The van der Waals surface area contributed by atoms with Crippen LogP contribution in [0.15, 0.2) is 18.2 Å². The molecule has 0 fully saturated rings. The molecule has 0 saturated heterocycles. The quantitative estimate of drug-likeness (QED) is 0.679. The van der Waals surface area contributed by atoms with Gasteiger partial charge in [-0.15, -0.1) is 23.2 Å². The maximum atomic E-state index is 13.0. The summed E-state index contributed by atoms with van der Waals surface area (Å²) >= 11 is 11.1. The summed E-state index contributed by atoms with van der Waals surface area (Å²) in [4.78, 5) is -0.703. The van der Waals surface area contributed by atoms with Gasteiger partial charge in [0.05, 0.1) is 7.11 Å². The third kappa shape index (κ3) is 2.02. The number of hydrogen-bond donors (Lipinski definition) is 0. The number of ether oxygens (including phenoxy) is 1. The first-order valence-corrected chi connectivity index (χ1v) is 4.14. The fourth-order valence-corrected chi connectivity index (χ4v) is 1.09. The molecule has 66 valence electrons. The number of halogens is 3. The first kappa shape index (κ1) is 9.62. The molecule has 1 aromatic carbocycles. The van der Waals surface area contributed by atoms with Crippen LogP contribution in [0.5, 0.6) is 5.75 Å². The van der Waals surface area contributed by atoms with Crippen LogP contribution in [0.25, 0.3) is 0 Å². The second-order valence-corrected chi connectivity index (χ2v) is 3.29. The van der Waals surface area contributed by atoms with E-state index < -0.39 is 10.7 Å². The van der Waals surface area contributed by atoms with Gasteiger partial charge >= 0.3 is 0 Å². The number of rotatable bonds is 2. The lowest BCUT2D eigenvalue weighted by molar-refractivity contribution is 0.386. The standard InChI is InChI=1S/C8H7Cl2FO/c1-12-7-3-2-5(8(9)10)4-6(7)11/h2-4,8H,1H3. The Morgan fingerprint density at radius 3 is 2.50 bits per heavy atom. The Hall–Kier alpha value is -0.470. The van der Waals surface area contributed by atoms with E-state index in [1.165, 1.54) is 19.2 Å². The minimum absolute atomic E-state index is 0.188. The molecule has 0 N–H and O–H groups in total. The van der Waals surface area contributed by atoms with E-state index in [1.54, 1.807) is 6.07 Å². The largest absolute Gasteiger partial charge is 0.494 e. The van der Waals surface area contributed by atoms with Gasteiger partial charge in [0.2, 0.25) is 0 Å². The van der Waals surface area contributed by atoms with Crippen LogP contribution < -0.4 is 4.74 Å². The van der Waals surface area contributed by atoms with Gasteiger partial charge in [0, 0.05) is 0 Å². The molecule has 0 unspecified atom stereocenters. The summed E-state index contributed by atoms with van der Waals surface area (Å²) < 4.78 is 17.7. The van der Waals surface area contributed by atoms with Crippen LogP contribution in [-0.2, 0) is 0 Å². The first-order chi connectivity index (χ1) is 5.65. The van der Waals surface area contributed by atoms with Gasteiger partial charge in [-0.3, -0.25) is 0 Å². The van der Waals surface area contributed by atoms with Crippen LogP contribution >= 0.6 is 23.2 Å². The molecule has 0 aliphatic carbocycles. The number of methoxy groups -OCH3 is 1. The normalized spacial score (nSPS) is 10.4. The highest BCUT2D eigenvalue weighted by Crippen LogP contribution is 2.28. The lowest BCUT2D eigenvalue weighted by atomic mass is 10.2. The highest BCUT2D eigenvalue weighted by molar-refractivity contribution is 6.44. The Morgan fingerprint density at radius 1 is 1.42 bits per heavy atom. The molecular weight excluding hydrogens is 202 g/mol. The van der Waals surface area contributed by atoms with Crippen LogP contribution in [0.2, 0.25) is 0 Å². The molecule has 0 radical (unpaired) electrons. The molecule has 4 heteroatoms. The topological polar surface area (TPSA) is 9.23 Å². The Morgan fingerprint density at radius 2 is 2.08 bits per heavy atom. The van der Waals surface area contributed by atoms with E-state index in [-0.39, 0.29) is 5.75 Å². The number of benzene rings is 1. The molecule has 0 aromatic heterocycles. The minimum atomic E-state index is -0.703. The van der Waals surface area contributed by atoms with E-state index in [0.29, 0.717) is 5.56 Å². The van der Waals surface area contributed by atoms with Gasteiger partial charge in [0.15, 0.2) is 11.6 Å². The van der Waals surface area contributed by atoms with Gasteiger partial charge in [-0.25, -0.2) is 4.39 Å².